The molecule has 10 nitrogen and oxygen atoms in total. The highest BCUT2D eigenvalue weighted by Gasteiger charge is 2.21. The summed E-state index contributed by atoms with van der Waals surface area (Å²) in [6, 6.07) is -2.41. The maximum atomic E-state index is 11.8. The average molecular weight is 329 g/mol. The summed E-state index contributed by atoms with van der Waals surface area (Å²) in [6.07, 6.45) is 0.555. The molecule has 6 N–H and O–H groups in total. The van der Waals surface area contributed by atoms with Gasteiger partial charge in [0.05, 0.1) is 19.1 Å². The number of carbonyl (C=O) groups is 5. The van der Waals surface area contributed by atoms with Gasteiger partial charge in [-0.15, -0.1) is 0 Å². The van der Waals surface area contributed by atoms with Crippen molar-refractivity contribution in [1.29, 1.82) is 0 Å². The van der Waals surface area contributed by atoms with Crippen molar-refractivity contribution in [1.82, 2.24) is 21.3 Å². The Bertz CT molecular complexity index is 468. The third-order valence-electron chi connectivity index (χ3n) is 2.72. The Morgan fingerprint density at radius 3 is 2.00 bits per heavy atom. The molecular formula is C13H23N5O5. The van der Waals surface area contributed by atoms with E-state index < -0.39 is 41.8 Å². The first kappa shape index (κ1) is 20.5. The third kappa shape index (κ3) is 8.51. The maximum Gasteiger partial charge on any atom is 0.242 e. The Kier molecular flexibility index (Phi) is 9.16. The Morgan fingerprint density at radius 2 is 1.48 bits per heavy atom. The van der Waals surface area contributed by atoms with E-state index in [2.05, 4.69) is 21.3 Å². The van der Waals surface area contributed by atoms with E-state index in [0.29, 0.717) is 6.29 Å². The van der Waals surface area contributed by atoms with E-state index in [1.807, 2.05) is 0 Å². The van der Waals surface area contributed by atoms with Crippen LogP contribution in [0.2, 0.25) is 0 Å². The lowest BCUT2D eigenvalue weighted by Crippen LogP contribution is -2.53. The van der Waals surface area contributed by atoms with Gasteiger partial charge in [0.25, 0.3) is 0 Å². The Balaban J connectivity index is 4.24. The molecule has 0 radical (unpaired) electrons. The Morgan fingerprint density at radius 1 is 0.913 bits per heavy atom. The van der Waals surface area contributed by atoms with Gasteiger partial charge < -0.3 is 31.8 Å². The van der Waals surface area contributed by atoms with E-state index in [1.54, 1.807) is 0 Å². The lowest BCUT2D eigenvalue weighted by Gasteiger charge is -2.18. The number of nitrogens with one attached hydrogen (secondary N) is 4. The van der Waals surface area contributed by atoms with Gasteiger partial charge in [-0.1, -0.05) is 0 Å². The second-order valence-electron chi connectivity index (χ2n) is 4.93. The van der Waals surface area contributed by atoms with Gasteiger partial charge in [0, 0.05) is 0 Å². The Labute approximate surface area is 133 Å². The quantitative estimate of drug-likeness (QED) is 0.280. The highest BCUT2D eigenvalue weighted by atomic mass is 16.2. The van der Waals surface area contributed by atoms with Crippen LogP contribution in [-0.4, -0.2) is 61.1 Å². The first-order chi connectivity index (χ1) is 10.7. The van der Waals surface area contributed by atoms with Gasteiger partial charge in [-0.05, 0) is 20.8 Å². The fraction of sp³-hybridized carbons (Fsp3) is 0.615. The molecule has 3 atom stereocenters. The summed E-state index contributed by atoms with van der Waals surface area (Å²) >= 11 is 0. The van der Waals surface area contributed by atoms with Crippen LogP contribution in [0.15, 0.2) is 0 Å². The van der Waals surface area contributed by atoms with E-state index in [4.69, 9.17) is 5.73 Å². The minimum atomic E-state index is -0.906. The smallest absolute Gasteiger partial charge is 0.242 e. The SMILES string of the molecule is C[C@H](NC(=O)CN)C(=O)N[C@@H](C)C(=O)NCC(=O)N[C@@H](C)C=O. The minimum Gasteiger partial charge on any atom is -0.345 e. The molecule has 0 saturated carbocycles. The average Bonchev–Trinajstić information content (AvgIpc) is 2.51. The summed E-state index contributed by atoms with van der Waals surface area (Å²) in [5.74, 6) is -2.16. The molecule has 0 aromatic heterocycles. The monoisotopic (exact) mass is 329 g/mol. The summed E-state index contributed by atoms with van der Waals surface area (Å²) in [4.78, 5) is 56.4. The summed E-state index contributed by atoms with van der Waals surface area (Å²) in [5, 5.41) is 9.40. The fourth-order valence-corrected chi connectivity index (χ4v) is 1.43. The minimum absolute atomic E-state index is 0.248. The molecule has 0 bridgehead atoms. The van der Waals surface area contributed by atoms with Gasteiger partial charge in [0.1, 0.15) is 18.4 Å². The summed E-state index contributed by atoms with van der Waals surface area (Å²) in [6.45, 7) is 3.80. The van der Waals surface area contributed by atoms with Crippen LogP contribution in [0.5, 0.6) is 0 Å². The number of hydrogen-bond donors (Lipinski definition) is 5. The van der Waals surface area contributed by atoms with Gasteiger partial charge in [-0.25, -0.2) is 0 Å². The van der Waals surface area contributed by atoms with Crippen molar-refractivity contribution in [2.45, 2.75) is 38.9 Å². The van der Waals surface area contributed by atoms with E-state index in [1.165, 1.54) is 20.8 Å². The fourth-order valence-electron chi connectivity index (χ4n) is 1.43. The molecule has 0 spiro atoms. The second kappa shape index (κ2) is 10.3. The van der Waals surface area contributed by atoms with Crippen LogP contribution < -0.4 is 27.0 Å². The number of hydrogen-bond acceptors (Lipinski definition) is 6. The molecule has 0 rings (SSSR count). The molecular weight excluding hydrogens is 306 g/mol. The predicted molar refractivity (Wildman–Crippen MR) is 80.9 cm³/mol. The van der Waals surface area contributed by atoms with Gasteiger partial charge in [-0.3, -0.25) is 19.2 Å². The van der Waals surface area contributed by atoms with Crippen molar-refractivity contribution >= 4 is 29.9 Å². The van der Waals surface area contributed by atoms with Gasteiger partial charge in [-0.2, -0.15) is 0 Å². The first-order valence-electron chi connectivity index (χ1n) is 7.03. The zero-order chi connectivity index (χ0) is 18.0. The number of nitrogens with two attached hydrogens (primary N) is 1. The Hall–Kier alpha value is -2.49. The van der Waals surface area contributed by atoms with Crippen molar-refractivity contribution in [3.8, 4) is 0 Å². The lowest BCUT2D eigenvalue weighted by molar-refractivity contribution is -0.132. The normalized spacial score (nSPS) is 13.9. The van der Waals surface area contributed by atoms with Crippen LogP contribution in [0.3, 0.4) is 0 Å². The third-order valence-corrected chi connectivity index (χ3v) is 2.72. The molecule has 0 unspecified atom stereocenters. The van der Waals surface area contributed by atoms with Crippen LogP contribution in [0.1, 0.15) is 20.8 Å². The van der Waals surface area contributed by atoms with E-state index >= 15 is 0 Å². The van der Waals surface area contributed by atoms with Crippen molar-refractivity contribution in [3.05, 3.63) is 0 Å². The number of rotatable bonds is 9. The first-order valence-corrected chi connectivity index (χ1v) is 7.03. The molecule has 0 aromatic carbocycles. The zero-order valence-corrected chi connectivity index (χ0v) is 13.3. The van der Waals surface area contributed by atoms with Crippen LogP contribution in [-0.2, 0) is 24.0 Å². The van der Waals surface area contributed by atoms with Crippen molar-refractivity contribution in [2.24, 2.45) is 5.73 Å². The molecule has 0 aromatic rings. The highest BCUT2D eigenvalue weighted by Crippen LogP contribution is 1.88. The number of aldehydes is 1. The standard InChI is InChI=1S/C13H23N5O5/c1-7(6-19)16-11(21)5-15-12(22)8(2)18-13(23)9(3)17-10(20)4-14/h6-9H,4-5,14H2,1-3H3,(H,15,22)(H,16,21)(H,17,20)(H,18,23)/t7-,8-,9-/m0/s1. The molecule has 0 aliphatic carbocycles. The van der Waals surface area contributed by atoms with Crippen molar-refractivity contribution in [2.75, 3.05) is 13.1 Å². The van der Waals surface area contributed by atoms with Gasteiger partial charge in [0.15, 0.2) is 0 Å². The lowest BCUT2D eigenvalue weighted by atomic mass is 10.2. The van der Waals surface area contributed by atoms with E-state index in [-0.39, 0.29) is 13.1 Å². The molecule has 10 heteroatoms. The van der Waals surface area contributed by atoms with Gasteiger partial charge in [0.2, 0.25) is 23.6 Å². The second-order valence-corrected chi connectivity index (χ2v) is 4.93. The number of carbonyl (C=O) groups excluding carboxylic acids is 5. The molecule has 130 valence electrons. The largest absolute Gasteiger partial charge is 0.345 e. The van der Waals surface area contributed by atoms with Crippen LogP contribution in [0, 0.1) is 0 Å². The summed E-state index contributed by atoms with van der Waals surface area (Å²) in [7, 11) is 0. The number of amides is 4. The zero-order valence-electron chi connectivity index (χ0n) is 13.3. The van der Waals surface area contributed by atoms with Crippen molar-refractivity contribution < 1.29 is 24.0 Å². The molecule has 0 aliphatic rings. The topological polar surface area (TPSA) is 159 Å². The van der Waals surface area contributed by atoms with E-state index in [0.717, 1.165) is 0 Å². The molecule has 23 heavy (non-hydrogen) atoms. The molecule has 0 saturated heterocycles. The van der Waals surface area contributed by atoms with E-state index in [9.17, 15) is 24.0 Å². The molecule has 0 aliphatic heterocycles. The molecule has 0 heterocycles. The summed E-state index contributed by atoms with van der Waals surface area (Å²) < 4.78 is 0. The van der Waals surface area contributed by atoms with Crippen LogP contribution in [0.25, 0.3) is 0 Å². The molecule has 4 amide bonds. The van der Waals surface area contributed by atoms with Gasteiger partial charge >= 0.3 is 0 Å². The maximum absolute atomic E-state index is 11.8. The summed E-state index contributed by atoms with van der Waals surface area (Å²) in [5.41, 5.74) is 5.11. The van der Waals surface area contributed by atoms with Crippen molar-refractivity contribution in [3.63, 3.8) is 0 Å². The highest BCUT2D eigenvalue weighted by molar-refractivity contribution is 5.93. The predicted octanol–water partition coefficient (Wildman–Crippen LogP) is -3.23. The molecule has 0 fully saturated rings. The van der Waals surface area contributed by atoms with Crippen LogP contribution >= 0.6 is 0 Å². The van der Waals surface area contributed by atoms with Crippen LogP contribution in [0.4, 0.5) is 0 Å².